The van der Waals surface area contributed by atoms with Crippen molar-refractivity contribution in [2.45, 2.75) is 56.1 Å². The minimum absolute atomic E-state index is 0.0233. The zero-order chi connectivity index (χ0) is 29.4. The number of pyridine rings is 2. The van der Waals surface area contributed by atoms with Gasteiger partial charge in [0.05, 0.1) is 28.0 Å². The van der Waals surface area contributed by atoms with Crippen LogP contribution in [0.2, 0.25) is 0 Å². The van der Waals surface area contributed by atoms with E-state index in [2.05, 4.69) is 25.7 Å². The number of benzene rings is 1. The molecule has 2 aromatic heterocycles. The Labute approximate surface area is 254 Å². The molecule has 1 aliphatic heterocycles. The van der Waals surface area contributed by atoms with Gasteiger partial charge < -0.3 is 5.32 Å². The fourth-order valence-corrected chi connectivity index (χ4v) is 8.55. The predicted octanol–water partition coefficient (Wildman–Crippen LogP) is 5.76. The first-order valence-corrected chi connectivity index (χ1v) is 17.4. The highest BCUT2D eigenvalue weighted by Crippen LogP contribution is 2.36. The van der Waals surface area contributed by atoms with E-state index in [1.807, 2.05) is 29.5 Å². The quantitative estimate of drug-likeness (QED) is 0.188. The lowest BCUT2D eigenvalue weighted by molar-refractivity contribution is -0.141. The van der Waals surface area contributed by atoms with E-state index in [1.165, 1.54) is 16.6 Å². The summed E-state index contributed by atoms with van der Waals surface area (Å²) in [4.78, 5) is 21.7. The van der Waals surface area contributed by atoms with E-state index in [-0.39, 0.29) is 16.5 Å². The van der Waals surface area contributed by atoms with E-state index in [1.54, 1.807) is 43.5 Å². The summed E-state index contributed by atoms with van der Waals surface area (Å²) in [7, 11) is -3.16. The molecule has 1 fully saturated rings. The van der Waals surface area contributed by atoms with Gasteiger partial charge in [-0.25, -0.2) is 12.9 Å². The van der Waals surface area contributed by atoms with Gasteiger partial charge in [0.2, 0.25) is 5.91 Å². The first-order valence-electron chi connectivity index (χ1n) is 12.0. The van der Waals surface area contributed by atoms with Gasteiger partial charge in [-0.05, 0) is 66.6 Å². The van der Waals surface area contributed by atoms with E-state index in [9.17, 15) is 26.6 Å². The first kappa shape index (κ1) is 31.0. The van der Waals surface area contributed by atoms with E-state index in [0.717, 1.165) is 5.56 Å². The normalized spacial score (nSPS) is 21.2. The Kier molecular flexibility index (Phi) is 9.36. The molecule has 1 aromatic carbocycles. The Morgan fingerprint density at radius 1 is 1.23 bits per heavy atom. The minimum atomic E-state index is -4.56. The van der Waals surface area contributed by atoms with Crippen molar-refractivity contribution >= 4 is 69.3 Å². The highest BCUT2D eigenvalue weighted by molar-refractivity contribution is 14.2. The van der Waals surface area contributed by atoms with Crippen molar-refractivity contribution < 1.29 is 26.6 Å². The van der Waals surface area contributed by atoms with E-state index < -0.39 is 66.5 Å². The lowest BCUT2D eigenvalue weighted by Crippen LogP contribution is -2.48. The Hall–Kier alpha value is -1.98. The molecule has 4 rings (SSSR count). The number of hydrogen-bond acceptors (Lipinski definition) is 4. The molecule has 1 N–H and O–H groups in total. The number of alkyl halides is 4. The molecular weight excluding hydrogens is 774 g/mol. The summed E-state index contributed by atoms with van der Waals surface area (Å²) in [5.41, 5.74) is 1.57. The third-order valence-corrected chi connectivity index (χ3v) is 11.4. The van der Waals surface area contributed by atoms with E-state index in [4.69, 9.17) is 0 Å². The van der Waals surface area contributed by atoms with Crippen LogP contribution >= 0.6 is 43.3 Å². The Bertz CT molecular complexity index is 1550. The monoisotopic (exact) mass is 800 g/mol. The third kappa shape index (κ3) is 6.41. The van der Waals surface area contributed by atoms with Crippen LogP contribution in [0.5, 0.6) is 0 Å². The number of amides is 1. The van der Waals surface area contributed by atoms with Gasteiger partial charge in [0.15, 0.2) is 5.69 Å². The summed E-state index contributed by atoms with van der Waals surface area (Å²) < 4.78 is 74.4. The van der Waals surface area contributed by atoms with Gasteiger partial charge >= 0.3 is 6.18 Å². The number of rotatable bonds is 7. The number of carbonyl (C=O) groups is 1. The smallest absolute Gasteiger partial charge is 0.349 e. The molecule has 1 aliphatic rings. The van der Waals surface area contributed by atoms with Crippen molar-refractivity contribution in [2.75, 3.05) is 0 Å². The summed E-state index contributed by atoms with van der Waals surface area (Å²) in [6.07, 6.45) is -3.35. The molecule has 1 amide bonds. The molecule has 0 radical (unpaired) electrons. The highest BCUT2D eigenvalue weighted by Gasteiger charge is 2.46. The molecule has 3 heterocycles. The topological polar surface area (TPSA) is 75.2 Å². The van der Waals surface area contributed by atoms with Crippen molar-refractivity contribution in [3.8, 4) is 11.1 Å². The second kappa shape index (κ2) is 12.1. The number of aromatic nitrogens is 2. The van der Waals surface area contributed by atoms with Crippen molar-refractivity contribution in [3.63, 3.8) is 0 Å². The van der Waals surface area contributed by atoms with Gasteiger partial charge in [0.25, 0.3) is 0 Å². The van der Waals surface area contributed by atoms with Crippen molar-refractivity contribution in [2.24, 2.45) is 0 Å². The number of nitrogens with one attached hydrogen (secondary N) is 1. The maximum absolute atomic E-state index is 14.8. The van der Waals surface area contributed by atoms with Crippen molar-refractivity contribution in [1.29, 1.82) is 0 Å². The molecular formula is C27H26F4I2N4O2S. The maximum atomic E-state index is 14.8. The summed E-state index contributed by atoms with van der Waals surface area (Å²) in [5.74, 6) is 3.38. The van der Waals surface area contributed by atoms with Crippen LogP contribution in [-0.2, 0) is 27.2 Å². The zero-order valence-corrected chi connectivity index (χ0v) is 26.6. The summed E-state index contributed by atoms with van der Waals surface area (Å²) >= 11 is 0.892. The van der Waals surface area contributed by atoms with Gasteiger partial charge in [-0.3, -0.25) is 14.8 Å². The lowest BCUT2D eigenvalue weighted by Gasteiger charge is -2.30. The molecule has 0 saturated carbocycles. The largest absolute Gasteiger partial charge is 0.434 e. The average Bonchev–Trinajstić information content (AvgIpc) is 3.22. The molecule has 0 bridgehead atoms. The van der Waals surface area contributed by atoms with Gasteiger partial charge in [0.1, 0.15) is 12.2 Å². The van der Waals surface area contributed by atoms with Crippen LogP contribution in [0.3, 0.4) is 0 Å². The number of nitrogens with zero attached hydrogens (tertiary/aromatic N) is 3. The molecule has 3 aromatic rings. The molecule has 4 atom stereocenters. The van der Waals surface area contributed by atoms with Crippen LogP contribution in [-0.4, -0.2) is 53.0 Å². The van der Waals surface area contributed by atoms with Gasteiger partial charge in [-0.2, -0.15) is 13.2 Å². The standard InChI is InChI=1S/C27H26F4I2N4O2S/c1-15-5-7-19(8-6-15)40(4,39)37-16(2)21(28)11-24(37)26(38)36-13-18-10-20(22(32)14-34-18)17-9-23(33-3)25(35-12-17)27(29,30)31/h5-10,12,14,16,21,24H,3-4,11,13H2,1-2H3,(H,36,38)/t16-,21+,24-,40?/m0/s1. The fraction of sp³-hybridized carbons (Fsp3) is 0.296. The average molecular weight is 800 g/mol. The zero-order valence-electron chi connectivity index (χ0n) is 21.5. The molecule has 1 saturated heterocycles. The first-order chi connectivity index (χ1) is 18.7. The summed E-state index contributed by atoms with van der Waals surface area (Å²) in [6.45, 7) is 3.45. The highest BCUT2D eigenvalue weighted by atomic mass is 127. The summed E-state index contributed by atoms with van der Waals surface area (Å²) in [5, 5.41) is 2.76. The molecule has 0 aliphatic carbocycles. The second-order valence-corrected chi connectivity index (χ2v) is 14.6. The van der Waals surface area contributed by atoms with Crippen molar-refractivity contribution in [3.05, 3.63) is 72.9 Å². The number of halogens is 6. The van der Waals surface area contributed by atoms with Gasteiger partial charge in [-0.1, -0.05) is 42.9 Å². The third-order valence-electron chi connectivity index (χ3n) is 6.63. The number of aryl methyl sites for hydroxylation is 1. The van der Waals surface area contributed by atoms with E-state index >= 15 is 0 Å². The van der Waals surface area contributed by atoms with Crippen LogP contribution < -0.4 is 5.32 Å². The summed E-state index contributed by atoms with van der Waals surface area (Å²) in [6, 6.07) is 8.24. The maximum Gasteiger partial charge on any atom is 0.434 e. The van der Waals surface area contributed by atoms with Crippen LogP contribution in [0.25, 0.3) is 11.1 Å². The molecule has 214 valence electrons. The number of carbonyl (C=O) groups excluding carboxylic acids is 1. The number of hydrogen-bond donors (Lipinski definition) is 1. The van der Waals surface area contributed by atoms with Crippen LogP contribution in [0.1, 0.15) is 30.3 Å². The van der Waals surface area contributed by atoms with Crippen LogP contribution in [0.4, 0.5) is 17.6 Å². The van der Waals surface area contributed by atoms with Crippen molar-refractivity contribution in [1.82, 2.24) is 19.6 Å². The molecule has 0 spiro atoms. The Balaban J connectivity index is 1.56. The molecule has 6 nitrogen and oxygen atoms in total. The van der Waals surface area contributed by atoms with E-state index in [0.29, 0.717) is 25.3 Å². The van der Waals surface area contributed by atoms with Gasteiger partial charge in [0, 0.05) is 42.0 Å². The van der Waals surface area contributed by atoms with Gasteiger partial charge in [-0.15, -0.1) is 0 Å². The minimum Gasteiger partial charge on any atom is -0.349 e. The Morgan fingerprint density at radius 2 is 1.90 bits per heavy atom. The molecule has 1 unspecified atom stereocenters. The predicted molar refractivity (Wildman–Crippen MR) is 166 cm³/mol. The second-order valence-electron chi connectivity index (χ2n) is 9.38. The molecule has 13 heteroatoms. The van der Waals surface area contributed by atoms with Crippen LogP contribution in [0, 0.1) is 14.1 Å². The lowest BCUT2D eigenvalue weighted by atomic mass is 10.1. The SMILES string of the molecule is C=Ic1cc(-c2cc(CNC(=O)[C@@H]3C[C@@H](F)[C@H](C)N3S(=C)(=O)c3ccc(C)cc3)ncc2I)cnc1C(F)(F)F. The van der Waals surface area contributed by atoms with Crippen LogP contribution in [0.15, 0.2) is 53.7 Å². The Morgan fingerprint density at radius 3 is 2.52 bits per heavy atom. The molecule has 40 heavy (non-hydrogen) atoms. The fourth-order valence-electron chi connectivity index (χ4n) is 4.52.